The van der Waals surface area contributed by atoms with E-state index in [1.165, 1.54) is 11.1 Å². The molecule has 1 amide bonds. The lowest BCUT2D eigenvalue weighted by Crippen LogP contribution is -2.41. The van der Waals surface area contributed by atoms with Gasteiger partial charge in [0.15, 0.2) is 5.11 Å². The predicted molar refractivity (Wildman–Crippen MR) is 101 cm³/mol. The van der Waals surface area contributed by atoms with Crippen LogP contribution in [-0.2, 0) is 11.2 Å². The van der Waals surface area contributed by atoms with Crippen LogP contribution in [0.3, 0.4) is 0 Å². The molecule has 24 heavy (non-hydrogen) atoms. The molecule has 128 valence electrons. The number of carbonyl (C=O) groups is 1. The molecule has 0 bridgehead atoms. The molecule has 0 atom stereocenters. The number of rotatable bonds is 3. The molecule has 0 saturated heterocycles. The number of thiocarbonyl (C=S) groups is 1. The molecular formula is C18H24N4OS. The number of H-pyrrole nitrogens is 1. The number of aromatic amines is 1. The maximum Gasteiger partial charge on any atom is 0.231 e. The number of carbonyl (C=O) groups excluding carboxylic acids is 1. The molecule has 6 heteroatoms. The van der Waals surface area contributed by atoms with Crippen molar-refractivity contribution < 1.29 is 4.79 Å². The first-order valence-corrected chi connectivity index (χ1v) is 8.29. The summed E-state index contributed by atoms with van der Waals surface area (Å²) in [6.45, 7) is 9.57. The van der Waals surface area contributed by atoms with Gasteiger partial charge in [-0.3, -0.25) is 9.89 Å². The van der Waals surface area contributed by atoms with E-state index in [1.54, 1.807) is 0 Å². The number of aromatic nitrogens is 2. The Morgan fingerprint density at radius 1 is 1.21 bits per heavy atom. The smallest absolute Gasteiger partial charge is 0.231 e. The van der Waals surface area contributed by atoms with Gasteiger partial charge < -0.3 is 10.6 Å². The Balaban J connectivity index is 1.97. The minimum Gasteiger partial charge on any atom is -0.332 e. The molecule has 0 aliphatic heterocycles. The first kappa shape index (κ1) is 18.1. The van der Waals surface area contributed by atoms with Crippen LogP contribution in [0.4, 0.5) is 5.69 Å². The van der Waals surface area contributed by atoms with Crippen molar-refractivity contribution >= 4 is 28.9 Å². The largest absolute Gasteiger partial charge is 0.332 e. The summed E-state index contributed by atoms with van der Waals surface area (Å²) in [5.41, 5.74) is 4.91. The van der Waals surface area contributed by atoms with Gasteiger partial charge in [-0.05, 0) is 43.8 Å². The van der Waals surface area contributed by atoms with Crippen LogP contribution in [0.5, 0.6) is 0 Å². The standard InChI is InChI=1S/C18H24N4OS/c1-11-15(12(2)22-21-11)10-13-6-8-14(9-7-13)19-17(24)20-16(23)18(3,4)5/h6-9H,10H2,1-5H3,(H,21,22)(H2,19,20,23,24). The minimum absolute atomic E-state index is 0.109. The molecule has 1 heterocycles. The Hall–Kier alpha value is -2.21. The van der Waals surface area contributed by atoms with Crippen LogP contribution in [0.2, 0.25) is 0 Å². The van der Waals surface area contributed by atoms with Gasteiger partial charge in [0.25, 0.3) is 0 Å². The number of benzene rings is 1. The van der Waals surface area contributed by atoms with Crippen LogP contribution in [0.25, 0.3) is 0 Å². The van der Waals surface area contributed by atoms with Crippen LogP contribution < -0.4 is 10.6 Å². The van der Waals surface area contributed by atoms with E-state index in [0.29, 0.717) is 5.11 Å². The van der Waals surface area contributed by atoms with Crippen LogP contribution in [0, 0.1) is 19.3 Å². The second kappa shape index (κ2) is 7.13. The van der Waals surface area contributed by atoms with Crippen molar-refractivity contribution in [1.29, 1.82) is 0 Å². The predicted octanol–water partition coefficient (Wildman–Crippen LogP) is 3.48. The molecule has 1 aromatic carbocycles. The SMILES string of the molecule is Cc1n[nH]c(C)c1Cc1ccc(NC(=S)NC(=O)C(C)(C)C)cc1. The van der Waals surface area contributed by atoms with Crippen molar-refractivity contribution in [3.63, 3.8) is 0 Å². The third kappa shape index (κ3) is 4.64. The van der Waals surface area contributed by atoms with Gasteiger partial charge >= 0.3 is 0 Å². The monoisotopic (exact) mass is 344 g/mol. The highest BCUT2D eigenvalue weighted by Gasteiger charge is 2.21. The zero-order chi connectivity index (χ0) is 17.9. The molecule has 0 fully saturated rings. The second-order valence-electron chi connectivity index (χ2n) is 6.94. The van der Waals surface area contributed by atoms with Gasteiger partial charge in [-0.1, -0.05) is 32.9 Å². The highest BCUT2D eigenvalue weighted by Crippen LogP contribution is 2.18. The van der Waals surface area contributed by atoms with Gasteiger partial charge in [-0.25, -0.2) is 0 Å². The number of hydrogen-bond donors (Lipinski definition) is 3. The number of nitrogens with one attached hydrogen (secondary N) is 3. The molecule has 2 aromatic rings. The highest BCUT2D eigenvalue weighted by atomic mass is 32.1. The third-order valence-electron chi connectivity index (χ3n) is 3.78. The lowest BCUT2D eigenvalue weighted by atomic mass is 9.96. The van der Waals surface area contributed by atoms with Crippen LogP contribution in [-0.4, -0.2) is 21.2 Å². The van der Waals surface area contributed by atoms with E-state index in [1.807, 2.05) is 58.9 Å². The summed E-state index contributed by atoms with van der Waals surface area (Å²) in [5.74, 6) is -0.109. The first-order chi connectivity index (χ1) is 11.2. The van der Waals surface area contributed by atoms with E-state index < -0.39 is 5.41 Å². The van der Waals surface area contributed by atoms with Crippen molar-refractivity contribution in [2.24, 2.45) is 5.41 Å². The molecular weight excluding hydrogens is 320 g/mol. The number of nitrogens with zero attached hydrogens (tertiary/aromatic N) is 1. The van der Waals surface area contributed by atoms with Gasteiger partial charge in [-0.15, -0.1) is 0 Å². The molecule has 0 aliphatic rings. The lowest BCUT2D eigenvalue weighted by molar-refractivity contribution is -0.126. The summed E-state index contributed by atoms with van der Waals surface area (Å²) in [5, 5.41) is 13.3. The lowest BCUT2D eigenvalue weighted by Gasteiger charge is -2.18. The Kier molecular flexibility index (Phi) is 5.39. The molecule has 5 nitrogen and oxygen atoms in total. The van der Waals surface area contributed by atoms with E-state index >= 15 is 0 Å². The number of anilines is 1. The molecule has 2 rings (SSSR count). The van der Waals surface area contributed by atoms with Gasteiger partial charge in [0.05, 0.1) is 5.69 Å². The molecule has 3 N–H and O–H groups in total. The summed E-state index contributed by atoms with van der Waals surface area (Å²) < 4.78 is 0. The molecule has 1 aromatic heterocycles. The maximum absolute atomic E-state index is 11.9. The van der Waals surface area contributed by atoms with Crippen molar-refractivity contribution in [1.82, 2.24) is 15.5 Å². The van der Waals surface area contributed by atoms with Gasteiger partial charge in [0, 0.05) is 28.8 Å². The van der Waals surface area contributed by atoms with Gasteiger partial charge in [0.1, 0.15) is 0 Å². The first-order valence-electron chi connectivity index (χ1n) is 7.88. The van der Waals surface area contributed by atoms with Crippen LogP contribution in [0.15, 0.2) is 24.3 Å². The fraction of sp³-hybridized carbons (Fsp3) is 0.389. The Morgan fingerprint density at radius 2 is 1.83 bits per heavy atom. The fourth-order valence-electron chi connectivity index (χ4n) is 2.20. The Labute approximate surface area is 148 Å². The fourth-order valence-corrected chi connectivity index (χ4v) is 2.41. The van der Waals surface area contributed by atoms with Crippen molar-refractivity contribution in [3.8, 4) is 0 Å². The Bertz CT molecular complexity index is 722. The second-order valence-corrected chi connectivity index (χ2v) is 7.35. The average molecular weight is 344 g/mol. The summed E-state index contributed by atoms with van der Waals surface area (Å²) in [6, 6.07) is 8.00. The van der Waals surface area contributed by atoms with E-state index in [4.69, 9.17) is 12.2 Å². The highest BCUT2D eigenvalue weighted by molar-refractivity contribution is 7.80. The Morgan fingerprint density at radius 3 is 2.33 bits per heavy atom. The van der Waals surface area contributed by atoms with Crippen molar-refractivity contribution in [2.75, 3.05) is 5.32 Å². The number of aryl methyl sites for hydroxylation is 2. The zero-order valence-corrected chi connectivity index (χ0v) is 15.6. The van der Waals surface area contributed by atoms with Crippen LogP contribution in [0.1, 0.15) is 43.3 Å². The summed E-state index contributed by atoms with van der Waals surface area (Å²) >= 11 is 5.19. The van der Waals surface area contributed by atoms with E-state index in [9.17, 15) is 4.79 Å². The van der Waals surface area contributed by atoms with Crippen molar-refractivity contribution in [2.45, 2.75) is 41.0 Å². The summed E-state index contributed by atoms with van der Waals surface area (Å²) in [6.07, 6.45) is 0.833. The maximum atomic E-state index is 11.9. The summed E-state index contributed by atoms with van der Waals surface area (Å²) in [4.78, 5) is 11.9. The van der Waals surface area contributed by atoms with Gasteiger partial charge in [-0.2, -0.15) is 5.10 Å². The van der Waals surface area contributed by atoms with E-state index in [2.05, 4.69) is 20.8 Å². The molecule has 0 saturated carbocycles. The quantitative estimate of drug-likeness (QED) is 0.746. The molecule has 0 unspecified atom stereocenters. The number of amides is 1. The normalized spacial score (nSPS) is 11.2. The summed E-state index contributed by atoms with van der Waals surface area (Å²) in [7, 11) is 0. The molecule has 0 radical (unpaired) electrons. The van der Waals surface area contributed by atoms with E-state index in [-0.39, 0.29) is 5.91 Å². The third-order valence-corrected chi connectivity index (χ3v) is 3.99. The minimum atomic E-state index is -0.476. The topological polar surface area (TPSA) is 69.8 Å². The average Bonchev–Trinajstić information content (AvgIpc) is 2.80. The van der Waals surface area contributed by atoms with Crippen molar-refractivity contribution in [3.05, 3.63) is 46.8 Å². The van der Waals surface area contributed by atoms with Crippen LogP contribution >= 0.6 is 12.2 Å². The zero-order valence-electron chi connectivity index (χ0n) is 14.8. The molecule has 0 aliphatic carbocycles. The van der Waals surface area contributed by atoms with Gasteiger partial charge in [0.2, 0.25) is 5.91 Å². The van der Waals surface area contributed by atoms with E-state index in [0.717, 1.165) is 23.5 Å². The molecule has 0 spiro atoms. The number of hydrogen-bond acceptors (Lipinski definition) is 3.